The summed E-state index contributed by atoms with van der Waals surface area (Å²) in [4.78, 5) is 10.2. The molecule has 0 radical (unpaired) electrons. The summed E-state index contributed by atoms with van der Waals surface area (Å²) >= 11 is 0. The van der Waals surface area contributed by atoms with Crippen molar-refractivity contribution in [3.8, 4) is 0 Å². The highest BCUT2D eigenvalue weighted by Crippen LogP contribution is 2.39. The molecular formula is C10H19NO2. The quantitative estimate of drug-likeness (QED) is 0.618. The lowest BCUT2D eigenvalue weighted by molar-refractivity contribution is -0.137. The van der Waals surface area contributed by atoms with Gasteiger partial charge in [-0.3, -0.25) is 4.79 Å². The van der Waals surface area contributed by atoms with Gasteiger partial charge in [-0.15, -0.1) is 0 Å². The Morgan fingerprint density at radius 1 is 1.54 bits per heavy atom. The van der Waals surface area contributed by atoms with Crippen molar-refractivity contribution in [2.45, 2.75) is 39.0 Å². The fourth-order valence-electron chi connectivity index (χ4n) is 1.71. The van der Waals surface area contributed by atoms with Crippen molar-refractivity contribution in [3.63, 3.8) is 0 Å². The van der Waals surface area contributed by atoms with E-state index in [1.54, 1.807) is 0 Å². The van der Waals surface area contributed by atoms with E-state index in [9.17, 15) is 4.79 Å². The van der Waals surface area contributed by atoms with Gasteiger partial charge < -0.3 is 10.4 Å². The molecule has 1 rings (SSSR count). The van der Waals surface area contributed by atoms with Crippen molar-refractivity contribution in [2.24, 2.45) is 5.41 Å². The summed E-state index contributed by atoms with van der Waals surface area (Å²) in [5.41, 5.74) is 0.503. The third-order valence-electron chi connectivity index (χ3n) is 2.86. The first-order valence-corrected chi connectivity index (χ1v) is 5.05. The summed E-state index contributed by atoms with van der Waals surface area (Å²) in [6, 6.07) is 0. The minimum Gasteiger partial charge on any atom is -0.481 e. The topological polar surface area (TPSA) is 49.3 Å². The van der Waals surface area contributed by atoms with E-state index >= 15 is 0 Å². The fraction of sp³-hybridized carbons (Fsp3) is 0.900. The highest BCUT2D eigenvalue weighted by molar-refractivity contribution is 5.66. The van der Waals surface area contributed by atoms with Gasteiger partial charge in [0, 0.05) is 13.0 Å². The second kappa shape index (κ2) is 4.61. The lowest BCUT2D eigenvalue weighted by Gasteiger charge is -2.38. The summed E-state index contributed by atoms with van der Waals surface area (Å²) in [6.07, 6.45) is 5.01. The molecule has 0 spiro atoms. The van der Waals surface area contributed by atoms with Crippen molar-refractivity contribution >= 4 is 5.97 Å². The van der Waals surface area contributed by atoms with Gasteiger partial charge in [-0.05, 0) is 31.2 Å². The number of rotatable bonds is 6. The highest BCUT2D eigenvalue weighted by atomic mass is 16.4. The van der Waals surface area contributed by atoms with Crippen LogP contribution in [0.3, 0.4) is 0 Å². The van der Waals surface area contributed by atoms with Gasteiger partial charge in [0.15, 0.2) is 0 Å². The van der Waals surface area contributed by atoms with Gasteiger partial charge in [0.05, 0.1) is 0 Å². The van der Waals surface area contributed by atoms with Gasteiger partial charge >= 0.3 is 5.97 Å². The number of hydrogen-bond donors (Lipinski definition) is 2. The molecule has 0 atom stereocenters. The molecule has 1 aliphatic carbocycles. The predicted molar refractivity (Wildman–Crippen MR) is 51.7 cm³/mol. The Kier molecular flexibility index (Phi) is 3.72. The predicted octanol–water partition coefficient (Wildman–Crippen LogP) is 1.63. The first kappa shape index (κ1) is 10.5. The summed E-state index contributed by atoms with van der Waals surface area (Å²) in [5.74, 6) is -0.698. The van der Waals surface area contributed by atoms with Gasteiger partial charge in [0.2, 0.25) is 0 Å². The summed E-state index contributed by atoms with van der Waals surface area (Å²) < 4.78 is 0. The van der Waals surface area contributed by atoms with Crippen LogP contribution in [0.4, 0.5) is 0 Å². The second-order valence-electron chi connectivity index (χ2n) is 4.34. The number of hydrogen-bond acceptors (Lipinski definition) is 2. The zero-order valence-corrected chi connectivity index (χ0v) is 8.31. The molecule has 0 aromatic rings. The molecule has 2 N–H and O–H groups in total. The minimum atomic E-state index is -0.698. The van der Waals surface area contributed by atoms with Crippen LogP contribution in [-0.2, 0) is 4.79 Å². The number of aliphatic carboxylic acids is 1. The molecule has 3 nitrogen and oxygen atoms in total. The van der Waals surface area contributed by atoms with Gasteiger partial charge in [-0.25, -0.2) is 0 Å². The number of carbonyl (C=O) groups is 1. The third-order valence-corrected chi connectivity index (χ3v) is 2.86. The van der Waals surface area contributed by atoms with Crippen LogP contribution in [0.5, 0.6) is 0 Å². The number of nitrogens with one attached hydrogen (secondary N) is 1. The first-order valence-electron chi connectivity index (χ1n) is 5.05. The second-order valence-corrected chi connectivity index (χ2v) is 4.34. The molecule has 1 aliphatic rings. The summed E-state index contributed by atoms with van der Waals surface area (Å²) in [7, 11) is 0. The van der Waals surface area contributed by atoms with E-state index in [1.165, 1.54) is 19.3 Å². The molecule has 13 heavy (non-hydrogen) atoms. The van der Waals surface area contributed by atoms with Crippen molar-refractivity contribution in [1.29, 1.82) is 0 Å². The molecule has 0 bridgehead atoms. The first-order chi connectivity index (χ1) is 6.12. The van der Waals surface area contributed by atoms with E-state index in [0.29, 0.717) is 5.41 Å². The van der Waals surface area contributed by atoms with Gasteiger partial charge in [0.25, 0.3) is 0 Å². The maximum atomic E-state index is 10.2. The Labute approximate surface area is 79.5 Å². The Balaban J connectivity index is 1.92. The van der Waals surface area contributed by atoms with Crippen LogP contribution in [0.1, 0.15) is 39.0 Å². The largest absolute Gasteiger partial charge is 0.481 e. The Morgan fingerprint density at radius 2 is 2.23 bits per heavy atom. The standard InChI is InChI=1S/C10H19NO2/c1-10(5-3-6-10)8-11-7-2-4-9(12)13/h11H,2-8H2,1H3,(H,12,13). The van der Waals surface area contributed by atoms with Gasteiger partial charge in [-0.2, -0.15) is 0 Å². The average Bonchev–Trinajstić information content (AvgIpc) is 2.00. The molecule has 0 aromatic heterocycles. The lowest BCUT2D eigenvalue weighted by Crippen LogP contribution is -2.37. The smallest absolute Gasteiger partial charge is 0.303 e. The molecule has 1 saturated carbocycles. The minimum absolute atomic E-state index is 0.281. The van der Waals surface area contributed by atoms with Gasteiger partial charge in [0.1, 0.15) is 0 Å². The number of carboxylic acids is 1. The van der Waals surface area contributed by atoms with Crippen molar-refractivity contribution in [2.75, 3.05) is 13.1 Å². The fourth-order valence-corrected chi connectivity index (χ4v) is 1.71. The molecule has 76 valence electrons. The van der Waals surface area contributed by atoms with Crippen LogP contribution in [0, 0.1) is 5.41 Å². The maximum absolute atomic E-state index is 10.2. The van der Waals surface area contributed by atoms with Crippen LogP contribution in [0.25, 0.3) is 0 Å². The summed E-state index contributed by atoms with van der Waals surface area (Å²) in [5, 5.41) is 11.7. The van der Waals surface area contributed by atoms with Crippen LogP contribution in [0.15, 0.2) is 0 Å². The zero-order chi connectivity index (χ0) is 9.73. The molecule has 0 aliphatic heterocycles. The molecule has 0 unspecified atom stereocenters. The van der Waals surface area contributed by atoms with Crippen molar-refractivity contribution in [1.82, 2.24) is 5.32 Å². The lowest BCUT2D eigenvalue weighted by atomic mass is 9.70. The SMILES string of the molecule is CC1(CNCCCC(=O)O)CCC1. The van der Waals surface area contributed by atoms with E-state index in [-0.39, 0.29) is 6.42 Å². The average molecular weight is 185 g/mol. The van der Waals surface area contributed by atoms with Gasteiger partial charge in [-0.1, -0.05) is 13.3 Å². The van der Waals surface area contributed by atoms with E-state index in [4.69, 9.17) is 5.11 Å². The molecule has 3 heteroatoms. The molecule has 0 saturated heterocycles. The summed E-state index contributed by atoms with van der Waals surface area (Å²) in [6.45, 7) is 4.18. The molecule has 1 fully saturated rings. The normalized spacial score (nSPS) is 19.5. The van der Waals surface area contributed by atoms with Crippen LogP contribution in [-0.4, -0.2) is 24.2 Å². The van der Waals surface area contributed by atoms with E-state index in [0.717, 1.165) is 19.5 Å². The highest BCUT2D eigenvalue weighted by Gasteiger charge is 2.30. The molecule has 0 amide bonds. The van der Waals surface area contributed by atoms with E-state index < -0.39 is 5.97 Å². The Bertz CT molecular complexity index is 176. The molecule has 0 heterocycles. The number of carboxylic acid groups (broad SMARTS) is 1. The van der Waals surface area contributed by atoms with Crippen molar-refractivity contribution < 1.29 is 9.90 Å². The van der Waals surface area contributed by atoms with Crippen LogP contribution < -0.4 is 5.32 Å². The zero-order valence-electron chi connectivity index (χ0n) is 8.31. The van der Waals surface area contributed by atoms with E-state index in [1.807, 2.05) is 0 Å². The maximum Gasteiger partial charge on any atom is 0.303 e. The monoisotopic (exact) mass is 185 g/mol. The third kappa shape index (κ3) is 3.77. The van der Waals surface area contributed by atoms with E-state index in [2.05, 4.69) is 12.2 Å². The Hall–Kier alpha value is -0.570. The Morgan fingerprint density at radius 3 is 2.69 bits per heavy atom. The van der Waals surface area contributed by atoms with Crippen molar-refractivity contribution in [3.05, 3.63) is 0 Å². The van der Waals surface area contributed by atoms with Crippen LogP contribution in [0.2, 0.25) is 0 Å². The molecule has 0 aromatic carbocycles. The molecular weight excluding hydrogens is 166 g/mol. The van der Waals surface area contributed by atoms with Crippen LogP contribution >= 0.6 is 0 Å².